The van der Waals surface area contributed by atoms with Crippen molar-refractivity contribution in [3.8, 4) is 0 Å². The van der Waals surface area contributed by atoms with E-state index in [0.29, 0.717) is 30.1 Å². The molecule has 2 N–H and O–H groups in total. The summed E-state index contributed by atoms with van der Waals surface area (Å²) >= 11 is 0. The number of allylic oxidation sites excluding steroid dienone is 1. The fourth-order valence-corrected chi connectivity index (χ4v) is 11.5. The number of hydrogen-bond donors (Lipinski definition) is 2. The van der Waals surface area contributed by atoms with Crippen LogP contribution >= 0.6 is 0 Å². The maximum atomic E-state index is 13.2. The summed E-state index contributed by atoms with van der Waals surface area (Å²) in [6, 6.07) is 6.09. The minimum Gasteiger partial charge on any atom is -0.478 e. The van der Waals surface area contributed by atoms with Gasteiger partial charge in [-0.1, -0.05) is 39.3 Å². The van der Waals surface area contributed by atoms with E-state index in [2.05, 4.69) is 27.7 Å². The lowest BCUT2D eigenvalue weighted by atomic mass is 9.38. The lowest BCUT2D eigenvalue weighted by Gasteiger charge is -2.67. The first-order valence-electron chi connectivity index (χ1n) is 16.7. The van der Waals surface area contributed by atoms with Crippen molar-refractivity contribution in [3.05, 3.63) is 47.0 Å². The molecule has 0 bridgehead atoms. The first-order valence-corrected chi connectivity index (χ1v) is 16.7. The van der Waals surface area contributed by atoms with Crippen molar-refractivity contribution in [2.75, 3.05) is 0 Å². The standard InChI is InChI=1S/C37H50O7/c1-21(2)18-24-20-37(42,33(41)43-24)27-12-11-26-25(27)10-13-29-35(26,5)16-14-28-34(3,4)30(15-17-36(28,29)6)44-32(40)23-9-7-8-22(19-23)31(38)39/h7-9,18-19,24-30,42H,10-17,20H2,1-6H3,(H,38,39)/t24-,25+,26-,27+,28+,29+,30+,35+,36+,37+/m1/s1. The average molecular weight is 607 g/mol. The zero-order valence-electron chi connectivity index (χ0n) is 27.2. The Kier molecular flexibility index (Phi) is 7.62. The van der Waals surface area contributed by atoms with Gasteiger partial charge in [-0.15, -0.1) is 0 Å². The number of cyclic esters (lactones) is 1. The summed E-state index contributed by atoms with van der Waals surface area (Å²) in [4.78, 5) is 37.8. The Morgan fingerprint density at radius 2 is 1.59 bits per heavy atom. The molecule has 0 radical (unpaired) electrons. The second-order valence-electron chi connectivity index (χ2n) is 16.1. The highest BCUT2D eigenvalue weighted by molar-refractivity contribution is 5.94. The van der Waals surface area contributed by atoms with Crippen LogP contribution < -0.4 is 0 Å². The topological polar surface area (TPSA) is 110 Å². The summed E-state index contributed by atoms with van der Waals surface area (Å²) in [6.07, 6.45) is 9.70. The third-order valence-corrected chi connectivity index (χ3v) is 13.3. The van der Waals surface area contributed by atoms with Gasteiger partial charge in [-0.2, -0.15) is 0 Å². The first kappa shape index (κ1) is 31.3. The Balaban J connectivity index is 1.19. The number of aliphatic hydroxyl groups is 1. The minimum absolute atomic E-state index is 0.0508. The summed E-state index contributed by atoms with van der Waals surface area (Å²) in [7, 11) is 0. The first-order chi connectivity index (χ1) is 20.6. The highest BCUT2D eigenvalue weighted by atomic mass is 16.6. The number of benzene rings is 1. The van der Waals surface area contributed by atoms with Crippen LogP contribution in [0, 0.1) is 45.8 Å². The number of esters is 2. The molecule has 10 atom stereocenters. The highest BCUT2D eigenvalue weighted by Gasteiger charge is 2.67. The van der Waals surface area contributed by atoms with Gasteiger partial charge >= 0.3 is 17.9 Å². The van der Waals surface area contributed by atoms with E-state index in [1.807, 2.05) is 19.9 Å². The van der Waals surface area contributed by atoms with Crippen LogP contribution in [0.3, 0.4) is 0 Å². The third-order valence-electron chi connectivity index (χ3n) is 13.3. The fraction of sp³-hybridized carbons (Fsp3) is 0.703. The van der Waals surface area contributed by atoms with Gasteiger partial charge in [0.05, 0.1) is 11.1 Å². The molecule has 0 aromatic heterocycles. The molecule has 0 unspecified atom stereocenters. The molecule has 44 heavy (non-hydrogen) atoms. The molecule has 6 rings (SSSR count). The van der Waals surface area contributed by atoms with Gasteiger partial charge in [-0.05, 0) is 124 Å². The van der Waals surface area contributed by atoms with Crippen molar-refractivity contribution in [2.24, 2.45) is 45.8 Å². The Hall–Kier alpha value is -2.67. The molecule has 1 saturated heterocycles. The lowest BCUT2D eigenvalue weighted by molar-refractivity contribution is -0.202. The third kappa shape index (κ3) is 4.75. The monoisotopic (exact) mass is 606 g/mol. The number of ether oxygens (including phenoxy) is 2. The van der Waals surface area contributed by atoms with E-state index in [0.717, 1.165) is 56.9 Å². The van der Waals surface area contributed by atoms with Crippen molar-refractivity contribution >= 4 is 17.9 Å². The highest BCUT2D eigenvalue weighted by Crippen LogP contribution is 2.72. The van der Waals surface area contributed by atoms with Crippen LogP contribution in [0.15, 0.2) is 35.9 Å². The summed E-state index contributed by atoms with van der Waals surface area (Å²) < 4.78 is 11.8. The normalized spacial score (nSPS) is 42.3. The molecule has 0 amide bonds. The van der Waals surface area contributed by atoms with Crippen LogP contribution in [-0.2, 0) is 14.3 Å². The maximum Gasteiger partial charge on any atom is 0.339 e. The number of aromatic carboxylic acids is 1. The molecule has 7 nitrogen and oxygen atoms in total. The number of fused-ring (bicyclic) bond motifs is 5. The molecule has 240 valence electrons. The predicted octanol–water partition coefficient (Wildman–Crippen LogP) is 7.22. The van der Waals surface area contributed by atoms with Gasteiger partial charge in [-0.25, -0.2) is 14.4 Å². The van der Waals surface area contributed by atoms with Crippen LogP contribution in [0.2, 0.25) is 0 Å². The van der Waals surface area contributed by atoms with Gasteiger partial charge < -0.3 is 19.7 Å². The van der Waals surface area contributed by atoms with Crippen LogP contribution in [0.1, 0.15) is 120 Å². The largest absolute Gasteiger partial charge is 0.478 e. The number of carbonyl (C=O) groups is 3. The molecule has 1 heterocycles. The number of hydrogen-bond acceptors (Lipinski definition) is 6. The quantitative estimate of drug-likeness (QED) is 0.269. The van der Waals surface area contributed by atoms with Gasteiger partial charge in [0.1, 0.15) is 12.2 Å². The molecule has 5 fully saturated rings. The van der Waals surface area contributed by atoms with Gasteiger partial charge in [0, 0.05) is 17.8 Å². The van der Waals surface area contributed by atoms with E-state index in [-0.39, 0.29) is 45.5 Å². The van der Waals surface area contributed by atoms with Crippen molar-refractivity contribution in [3.63, 3.8) is 0 Å². The summed E-state index contributed by atoms with van der Waals surface area (Å²) in [5.41, 5.74) is 0.0614. The Labute approximate surface area is 261 Å². The molecular formula is C37H50O7. The lowest BCUT2D eigenvalue weighted by Crippen LogP contribution is -2.62. The second-order valence-corrected chi connectivity index (χ2v) is 16.1. The van der Waals surface area contributed by atoms with Crippen molar-refractivity contribution in [2.45, 2.75) is 117 Å². The predicted molar refractivity (Wildman–Crippen MR) is 166 cm³/mol. The minimum atomic E-state index is -1.39. The van der Waals surface area contributed by atoms with Gasteiger partial charge in [-0.3, -0.25) is 0 Å². The van der Waals surface area contributed by atoms with Gasteiger partial charge in [0.15, 0.2) is 5.60 Å². The molecule has 1 aromatic rings. The van der Waals surface area contributed by atoms with Crippen molar-refractivity contribution in [1.29, 1.82) is 0 Å². The van der Waals surface area contributed by atoms with Crippen LogP contribution in [-0.4, -0.2) is 45.9 Å². The molecule has 0 spiro atoms. The molecule has 4 aliphatic carbocycles. The maximum absolute atomic E-state index is 13.2. The van der Waals surface area contributed by atoms with E-state index >= 15 is 0 Å². The van der Waals surface area contributed by atoms with Crippen molar-refractivity contribution in [1.82, 2.24) is 0 Å². The number of carboxylic acid groups (broad SMARTS) is 1. The molecule has 7 heteroatoms. The molecule has 4 saturated carbocycles. The van der Waals surface area contributed by atoms with E-state index in [1.165, 1.54) is 12.1 Å². The Morgan fingerprint density at radius 1 is 0.909 bits per heavy atom. The summed E-state index contributed by atoms with van der Waals surface area (Å²) in [5.74, 6) is -0.286. The summed E-state index contributed by atoms with van der Waals surface area (Å²) in [6.45, 7) is 13.5. The Morgan fingerprint density at radius 3 is 2.30 bits per heavy atom. The van der Waals surface area contributed by atoms with Crippen molar-refractivity contribution < 1.29 is 34.1 Å². The zero-order valence-corrected chi connectivity index (χ0v) is 27.2. The number of rotatable bonds is 5. The van der Waals surface area contributed by atoms with Gasteiger partial charge in [0.2, 0.25) is 0 Å². The second kappa shape index (κ2) is 10.7. The smallest absolute Gasteiger partial charge is 0.339 e. The van der Waals surface area contributed by atoms with E-state index < -0.39 is 23.5 Å². The molecule has 5 aliphatic rings. The Bertz CT molecular complexity index is 1380. The number of carbonyl (C=O) groups excluding carboxylic acids is 2. The number of carboxylic acids is 1. The molecule has 1 aromatic carbocycles. The van der Waals surface area contributed by atoms with Crippen LogP contribution in [0.5, 0.6) is 0 Å². The molecule has 1 aliphatic heterocycles. The van der Waals surface area contributed by atoms with Crippen LogP contribution in [0.4, 0.5) is 0 Å². The SMILES string of the molecule is CC(C)=C[C@@H]1C[C@](O)([C@H]2CC[C@@H]3[C@@H]2CC[C@H]2[C@@]3(C)CC[C@H]3C(C)(C)[C@@H](OC(=O)c4cccc(C(=O)O)c4)CC[C@]23C)C(=O)O1. The van der Waals surface area contributed by atoms with E-state index in [4.69, 9.17) is 9.47 Å². The van der Waals surface area contributed by atoms with E-state index in [1.54, 1.807) is 12.1 Å². The molecular weight excluding hydrogens is 556 g/mol. The van der Waals surface area contributed by atoms with E-state index in [9.17, 15) is 24.6 Å². The van der Waals surface area contributed by atoms with Gasteiger partial charge in [0.25, 0.3) is 0 Å². The summed E-state index contributed by atoms with van der Waals surface area (Å²) in [5, 5.41) is 21.2. The van der Waals surface area contributed by atoms with Crippen LogP contribution in [0.25, 0.3) is 0 Å². The average Bonchev–Trinajstić information content (AvgIpc) is 3.51. The fourth-order valence-electron chi connectivity index (χ4n) is 11.5. The zero-order chi connectivity index (χ0) is 31.8.